The lowest BCUT2D eigenvalue weighted by Gasteiger charge is -2.16. The molecule has 0 aliphatic rings. The number of phenols is 1. The summed E-state index contributed by atoms with van der Waals surface area (Å²) in [7, 11) is 1.35. The maximum absolute atomic E-state index is 13.3. The van der Waals surface area contributed by atoms with Gasteiger partial charge in [0.25, 0.3) is 0 Å². The number of amides is 1. The molecule has 1 amide bonds. The van der Waals surface area contributed by atoms with Gasteiger partial charge in [0.15, 0.2) is 0 Å². The number of nitrogens with zero attached hydrogens (tertiary/aromatic N) is 2. The molecule has 9 heteroatoms. The van der Waals surface area contributed by atoms with Crippen molar-refractivity contribution in [3.05, 3.63) is 59.1 Å². The minimum atomic E-state index is -1.17. The quantitative estimate of drug-likeness (QED) is 0.434. The number of halogens is 2. The van der Waals surface area contributed by atoms with Gasteiger partial charge < -0.3 is 21.3 Å². The summed E-state index contributed by atoms with van der Waals surface area (Å²) in [6, 6.07) is 12.6. The Labute approximate surface area is 171 Å². The Morgan fingerprint density at radius 3 is 2.66 bits per heavy atom. The highest BCUT2D eigenvalue weighted by Gasteiger charge is 2.15. The van der Waals surface area contributed by atoms with Crippen LogP contribution in [0.2, 0.25) is 5.02 Å². The largest absolute Gasteiger partial charge is 0.507 e. The number of rotatable bonds is 5. The van der Waals surface area contributed by atoms with Crippen LogP contribution in [0.1, 0.15) is 5.56 Å². The molecule has 0 bridgehead atoms. The molecule has 7 nitrogen and oxygen atoms in total. The smallest absolute Gasteiger partial charge is 0.411 e. The molecular weight excluding hydrogens is 399 g/mol. The maximum Gasteiger partial charge on any atom is 0.411 e. The summed E-state index contributed by atoms with van der Waals surface area (Å²) in [5.74, 6) is -0.0359. The van der Waals surface area contributed by atoms with Crippen molar-refractivity contribution in [2.24, 2.45) is 0 Å². The second-order valence-electron chi connectivity index (χ2n) is 6.23. The van der Waals surface area contributed by atoms with Crippen molar-refractivity contribution in [3.8, 4) is 17.0 Å². The molecule has 0 spiro atoms. The van der Waals surface area contributed by atoms with Crippen LogP contribution in [0, 0.1) is 0 Å². The van der Waals surface area contributed by atoms with Gasteiger partial charge in [-0.3, -0.25) is 4.90 Å². The highest BCUT2D eigenvalue weighted by atomic mass is 35.5. The predicted octanol–water partition coefficient (Wildman–Crippen LogP) is 5.02. The Hall–Kier alpha value is -3.52. The first kappa shape index (κ1) is 20.2. The third-order valence-corrected chi connectivity index (χ3v) is 4.55. The van der Waals surface area contributed by atoms with E-state index in [1.54, 1.807) is 30.3 Å². The molecule has 0 saturated heterocycles. The summed E-state index contributed by atoms with van der Waals surface area (Å²) in [6.07, 6.45) is -1.17. The van der Waals surface area contributed by atoms with Gasteiger partial charge in [-0.25, -0.2) is 14.2 Å². The van der Waals surface area contributed by atoms with E-state index in [-0.39, 0.29) is 17.3 Å². The van der Waals surface area contributed by atoms with Crippen molar-refractivity contribution in [1.82, 2.24) is 4.98 Å². The van der Waals surface area contributed by atoms with Crippen molar-refractivity contribution in [1.29, 1.82) is 0 Å². The fourth-order valence-electron chi connectivity index (χ4n) is 2.77. The molecule has 0 radical (unpaired) electrons. The van der Waals surface area contributed by atoms with Crippen LogP contribution in [0.15, 0.2) is 48.5 Å². The summed E-state index contributed by atoms with van der Waals surface area (Å²) in [6.45, 7) is -0.690. The molecule has 0 fully saturated rings. The van der Waals surface area contributed by atoms with E-state index < -0.39 is 12.8 Å². The van der Waals surface area contributed by atoms with Crippen LogP contribution in [0.25, 0.3) is 11.3 Å². The predicted molar refractivity (Wildman–Crippen MR) is 112 cm³/mol. The number of carboxylic acid groups (broad SMARTS) is 1. The van der Waals surface area contributed by atoms with Crippen molar-refractivity contribution in [3.63, 3.8) is 0 Å². The lowest BCUT2D eigenvalue weighted by Crippen LogP contribution is -2.25. The highest BCUT2D eigenvalue weighted by molar-refractivity contribution is 6.30. The van der Waals surface area contributed by atoms with E-state index in [4.69, 9.17) is 22.4 Å². The number of carbonyl (C=O) groups is 1. The monoisotopic (exact) mass is 416 g/mol. The molecule has 29 heavy (non-hydrogen) atoms. The van der Waals surface area contributed by atoms with Gasteiger partial charge in [-0.05, 0) is 48.5 Å². The Morgan fingerprint density at radius 1 is 1.24 bits per heavy atom. The first-order valence-corrected chi connectivity index (χ1v) is 8.86. The van der Waals surface area contributed by atoms with Crippen LogP contribution in [-0.4, -0.2) is 28.3 Å². The van der Waals surface area contributed by atoms with Crippen molar-refractivity contribution in [2.75, 3.05) is 23.0 Å². The zero-order valence-electron chi connectivity index (χ0n) is 15.4. The number of hydrogen-bond acceptors (Lipinski definition) is 5. The number of nitrogens with one attached hydrogen (secondary N) is 1. The molecular formula is C20H18ClFN4O3. The molecule has 3 aromatic rings. The summed E-state index contributed by atoms with van der Waals surface area (Å²) in [4.78, 5) is 16.3. The lowest BCUT2D eigenvalue weighted by atomic mass is 10.1. The van der Waals surface area contributed by atoms with Crippen LogP contribution in [0.4, 0.5) is 32.1 Å². The number of anilines is 4. The number of hydrogen-bond donors (Lipinski definition) is 4. The topological polar surface area (TPSA) is 112 Å². The number of nitrogens with two attached hydrogens (primary N) is 1. The molecule has 5 N–H and O–H groups in total. The average molecular weight is 417 g/mol. The van der Waals surface area contributed by atoms with Crippen molar-refractivity contribution in [2.45, 2.75) is 6.67 Å². The van der Waals surface area contributed by atoms with E-state index >= 15 is 0 Å². The van der Waals surface area contributed by atoms with Gasteiger partial charge in [0, 0.05) is 34.6 Å². The van der Waals surface area contributed by atoms with E-state index in [0.717, 1.165) is 4.90 Å². The fraction of sp³-hybridized carbons (Fsp3) is 0.100. The lowest BCUT2D eigenvalue weighted by molar-refractivity contribution is 0.203. The van der Waals surface area contributed by atoms with Crippen molar-refractivity contribution < 1.29 is 19.4 Å². The Kier molecular flexibility index (Phi) is 5.74. The molecule has 0 aliphatic heterocycles. The van der Waals surface area contributed by atoms with E-state index in [2.05, 4.69) is 10.3 Å². The van der Waals surface area contributed by atoms with Gasteiger partial charge in [-0.1, -0.05) is 11.6 Å². The first-order chi connectivity index (χ1) is 13.8. The van der Waals surface area contributed by atoms with Crippen LogP contribution in [-0.2, 0) is 6.67 Å². The minimum Gasteiger partial charge on any atom is -0.507 e. The Bertz CT molecular complexity index is 1080. The fourth-order valence-corrected chi connectivity index (χ4v) is 2.97. The van der Waals surface area contributed by atoms with Crippen molar-refractivity contribution >= 4 is 40.6 Å². The van der Waals surface area contributed by atoms with E-state index in [1.165, 1.54) is 25.2 Å². The summed E-state index contributed by atoms with van der Waals surface area (Å²) in [5.41, 5.74) is 8.38. The molecule has 0 saturated carbocycles. The third kappa shape index (κ3) is 4.33. The van der Waals surface area contributed by atoms with Gasteiger partial charge in [0.1, 0.15) is 18.2 Å². The zero-order valence-corrected chi connectivity index (χ0v) is 16.1. The van der Waals surface area contributed by atoms with Gasteiger partial charge in [0.2, 0.25) is 0 Å². The van der Waals surface area contributed by atoms with E-state index in [1.807, 2.05) is 0 Å². The molecule has 1 aromatic heterocycles. The Morgan fingerprint density at radius 2 is 2.00 bits per heavy atom. The molecule has 0 unspecified atom stereocenters. The van der Waals surface area contributed by atoms with Gasteiger partial charge in [0.05, 0.1) is 11.4 Å². The van der Waals surface area contributed by atoms with Crippen LogP contribution < -0.4 is 16.0 Å². The molecule has 2 aromatic carbocycles. The SMILES string of the molecule is CN(C(=O)O)c1ccc(-c2cc(Nc3ccc(Cl)cc3CF)ccc2O)nc1N. The van der Waals surface area contributed by atoms with Gasteiger partial charge in [-0.15, -0.1) is 0 Å². The summed E-state index contributed by atoms with van der Waals surface area (Å²) < 4.78 is 13.3. The minimum absolute atomic E-state index is 0.00239. The summed E-state index contributed by atoms with van der Waals surface area (Å²) in [5, 5.41) is 22.9. The van der Waals surface area contributed by atoms with Crippen LogP contribution in [0.5, 0.6) is 5.75 Å². The summed E-state index contributed by atoms with van der Waals surface area (Å²) >= 11 is 5.91. The van der Waals surface area contributed by atoms with Gasteiger partial charge in [-0.2, -0.15) is 0 Å². The first-order valence-electron chi connectivity index (χ1n) is 8.48. The second kappa shape index (κ2) is 8.24. The number of aromatic nitrogens is 1. The number of pyridine rings is 1. The number of benzene rings is 2. The third-order valence-electron chi connectivity index (χ3n) is 4.31. The normalized spacial score (nSPS) is 10.6. The second-order valence-corrected chi connectivity index (χ2v) is 6.67. The molecule has 0 atom stereocenters. The number of nitrogen functional groups attached to an aromatic ring is 1. The maximum atomic E-state index is 13.3. The van der Waals surface area contributed by atoms with E-state index in [0.29, 0.717) is 33.2 Å². The molecule has 3 rings (SSSR count). The van der Waals surface area contributed by atoms with Gasteiger partial charge >= 0.3 is 6.09 Å². The Balaban J connectivity index is 1.96. The standard InChI is InChI=1S/C20H18ClFN4O3/c1-26(20(28)29)17-6-5-16(25-19(17)23)14-9-13(3-7-18(14)27)24-15-4-2-12(21)8-11(15)10-22/h2-9,24,27H,10H2,1H3,(H2,23,25)(H,28,29). The number of alkyl halides is 1. The molecule has 150 valence electrons. The molecule has 1 heterocycles. The number of aromatic hydroxyl groups is 1. The highest BCUT2D eigenvalue weighted by Crippen LogP contribution is 2.34. The number of phenolic OH excluding ortho intramolecular Hbond substituents is 1. The van der Waals surface area contributed by atoms with Crippen LogP contribution in [0.3, 0.4) is 0 Å². The average Bonchev–Trinajstić information content (AvgIpc) is 2.70. The molecule has 0 aliphatic carbocycles. The van der Waals surface area contributed by atoms with Crippen LogP contribution >= 0.6 is 11.6 Å². The zero-order chi connectivity index (χ0) is 21.1. The van der Waals surface area contributed by atoms with E-state index in [9.17, 15) is 14.3 Å².